The average Bonchev–Trinajstić information content (AvgIpc) is 2.45. The van der Waals surface area contributed by atoms with Gasteiger partial charge in [-0.15, -0.1) is 11.6 Å². The van der Waals surface area contributed by atoms with Crippen LogP contribution in [0.15, 0.2) is 10.5 Å². The maximum Gasteiger partial charge on any atom is 0.121 e. The minimum Gasteiger partial charge on any atom is -0.336 e. The molecule has 0 aliphatic heterocycles. The highest BCUT2D eigenvalue weighted by atomic mass is 79.9. The van der Waals surface area contributed by atoms with E-state index >= 15 is 0 Å². The molecule has 0 aromatic carbocycles. The molecule has 0 amide bonds. The summed E-state index contributed by atoms with van der Waals surface area (Å²) in [6.45, 7) is 2.87. The first-order chi connectivity index (χ1) is 6.70. The highest BCUT2D eigenvalue weighted by Gasteiger charge is 2.08. The van der Waals surface area contributed by atoms with Gasteiger partial charge in [-0.1, -0.05) is 0 Å². The van der Waals surface area contributed by atoms with Gasteiger partial charge in [0.05, 0.1) is 0 Å². The topological polar surface area (TPSA) is 28.7 Å². The molecule has 0 aliphatic rings. The fourth-order valence-corrected chi connectivity index (χ4v) is 1.98. The Balaban J connectivity index is 2.79. The molecule has 76 valence electrons. The molecule has 0 saturated carbocycles. The van der Waals surface area contributed by atoms with Crippen LogP contribution in [0.1, 0.15) is 24.2 Å². The van der Waals surface area contributed by atoms with E-state index in [9.17, 15) is 0 Å². The fourth-order valence-electron chi connectivity index (χ4n) is 1.36. The summed E-state index contributed by atoms with van der Waals surface area (Å²) in [5.74, 6) is 0.684. The Hall–Kier alpha value is -0.460. The summed E-state index contributed by atoms with van der Waals surface area (Å²) < 4.78 is 3.02. The third-order valence-corrected chi connectivity index (χ3v) is 3.25. The number of nitriles is 1. The van der Waals surface area contributed by atoms with Gasteiger partial charge < -0.3 is 4.57 Å². The first-order valence-corrected chi connectivity index (χ1v) is 5.85. The summed E-state index contributed by atoms with van der Waals surface area (Å²) in [5.41, 5.74) is 1.82. The van der Waals surface area contributed by atoms with E-state index in [4.69, 9.17) is 16.9 Å². The fraction of sp³-hybridized carbons (Fsp3) is 0.500. The molecule has 4 heteroatoms. The minimum absolute atomic E-state index is 0.684. The second-order valence-electron chi connectivity index (χ2n) is 3.12. The Morgan fingerprint density at radius 2 is 2.29 bits per heavy atom. The third-order valence-electron chi connectivity index (χ3n) is 2.18. The monoisotopic (exact) mass is 274 g/mol. The average molecular weight is 276 g/mol. The smallest absolute Gasteiger partial charge is 0.121 e. The van der Waals surface area contributed by atoms with Crippen LogP contribution in [0.2, 0.25) is 0 Å². The zero-order chi connectivity index (χ0) is 10.6. The predicted octanol–water partition coefficient (Wildman–Crippen LogP) is 3.45. The SMILES string of the molecule is Cc1c(Br)cc(C#N)n1CCCCCl. The van der Waals surface area contributed by atoms with Gasteiger partial charge in [-0.3, -0.25) is 0 Å². The van der Waals surface area contributed by atoms with Gasteiger partial charge in [0.2, 0.25) is 0 Å². The van der Waals surface area contributed by atoms with Gasteiger partial charge in [0.1, 0.15) is 11.8 Å². The van der Waals surface area contributed by atoms with Gasteiger partial charge >= 0.3 is 0 Å². The van der Waals surface area contributed by atoms with Crippen molar-refractivity contribution in [2.75, 3.05) is 5.88 Å². The van der Waals surface area contributed by atoms with Crippen LogP contribution in [0.5, 0.6) is 0 Å². The van der Waals surface area contributed by atoms with Gasteiger partial charge in [0.25, 0.3) is 0 Å². The lowest BCUT2D eigenvalue weighted by atomic mass is 10.3. The number of rotatable bonds is 4. The molecule has 1 aromatic heterocycles. The van der Waals surface area contributed by atoms with Crippen molar-refractivity contribution in [3.05, 3.63) is 21.9 Å². The lowest BCUT2D eigenvalue weighted by Gasteiger charge is -2.06. The summed E-state index contributed by atoms with van der Waals surface area (Å²) >= 11 is 9.02. The Morgan fingerprint density at radius 1 is 1.57 bits per heavy atom. The van der Waals surface area contributed by atoms with Crippen molar-refractivity contribution in [2.45, 2.75) is 26.3 Å². The summed E-state index contributed by atoms with van der Waals surface area (Å²) in [6, 6.07) is 4.04. The predicted molar refractivity (Wildman–Crippen MR) is 61.5 cm³/mol. The molecule has 0 unspecified atom stereocenters. The van der Waals surface area contributed by atoms with E-state index in [0.717, 1.165) is 29.6 Å². The van der Waals surface area contributed by atoms with E-state index in [1.807, 2.05) is 17.6 Å². The van der Waals surface area contributed by atoms with Gasteiger partial charge in [-0.25, -0.2) is 0 Å². The van der Waals surface area contributed by atoms with Gasteiger partial charge in [-0.2, -0.15) is 5.26 Å². The maximum atomic E-state index is 8.90. The van der Waals surface area contributed by atoms with Gasteiger partial charge in [-0.05, 0) is 41.8 Å². The number of hydrogen-bond donors (Lipinski definition) is 0. The Labute approximate surface area is 97.6 Å². The summed E-state index contributed by atoms with van der Waals surface area (Å²) in [4.78, 5) is 0. The number of aromatic nitrogens is 1. The van der Waals surface area contributed by atoms with Crippen LogP contribution in [0.25, 0.3) is 0 Å². The van der Waals surface area contributed by atoms with Crippen molar-refractivity contribution in [3.63, 3.8) is 0 Å². The van der Waals surface area contributed by atoms with E-state index in [2.05, 4.69) is 22.0 Å². The van der Waals surface area contributed by atoms with Crippen LogP contribution in [-0.4, -0.2) is 10.4 Å². The molecular formula is C10H12BrClN2. The summed E-state index contributed by atoms with van der Waals surface area (Å²) in [5, 5.41) is 8.90. The molecule has 0 fully saturated rings. The maximum absolute atomic E-state index is 8.90. The molecular weight excluding hydrogens is 263 g/mol. The zero-order valence-corrected chi connectivity index (χ0v) is 10.4. The molecule has 14 heavy (non-hydrogen) atoms. The van der Waals surface area contributed by atoms with Crippen molar-refractivity contribution in [1.82, 2.24) is 4.57 Å². The molecule has 0 atom stereocenters. The molecule has 0 spiro atoms. The van der Waals surface area contributed by atoms with E-state index in [0.29, 0.717) is 11.6 Å². The lowest BCUT2D eigenvalue weighted by Crippen LogP contribution is -2.03. The first-order valence-electron chi connectivity index (χ1n) is 4.52. The lowest BCUT2D eigenvalue weighted by molar-refractivity contribution is 0.618. The van der Waals surface area contributed by atoms with Crippen molar-refractivity contribution in [1.29, 1.82) is 5.26 Å². The second-order valence-corrected chi connectivity index (χ2v) is 4.35. The summed E-state index contributed by atoms with van der Waals surface area (Å²) in [6.07, 6.45) is 2.00. The van der Waals surface area contributed by atoms with Crippen molar-refractivity contribution in [2.24, 2.45) is 0 Å². The molecule has 1 heterocycles. The molecule has 0 bridgehead atoms. The van der Waals surface area contributed by atoms with Crippen LogP contribution in [0.4, 0.5) is 0 Å². The number of hydrogen-bond acceptors (Lipinski definition) is 1. The van der Waals surface area contributed by atoms with Crippen LogP contribution in [0, 0.1) is 18.3 Å². The van der Waals surface area contributed by atoms with Crippen molar-refractivity contribution < 1.29 is 0 Å². The van der Waals surface area contributed by atoms with Crippen molar-refractivity contribution >= 4 is 27.5 Å². The highest BCUT2D eigenvalue weighted by Crippen LogP contribution is 2.21. The van der Waals surface area contributed by atoms with Gasteiger partial charge in [0, 0.05) is 22.6 Å². The molecule has 1 aromatic rings. The van der Waals surface area contributed by atoms with Crippen LogP contribution >= 0.6 is 27.5 Å². The molecule has 2 nitrogen and oxygen atoms in total. The van der Waals surface area contributed by atoms with Crippen LogP contribution < -0.4 is 0 Å². The molecule has 0 radical (unpaired) electrons. The number of unbranched alkanes of at least 4 members (excludes halogenated alkanes) is 1. The normalized spacial score (nSPS) is 10.1. The second kappa shape index (κ2) is 5.43. The Bertz CT molecular complexity index is 352. The van der Waals surface area contributed by atoms with Crippen molar-refractivity contribution in [3.8, 4) is 6.07 Å². The zero-order valence-electron chi connectivity index (χ0n) is 8.06. The first kappa shape index (κ1) is 11.6. The number of nitrogens with zero attached hydrogens (tertiary/aromatic N) is 2. The Morgan fingerprint density at radius 3 is 2.86 bits per heavy atom. The van der Waals surface area contributed by atoms with Gasteiger partial charge in [0.15, 0.2) is 0 Å². The van der Waals surface area contributed by atoms with E-state index in [1.165, 1.54) is 0 Å². The minimum atomic E-state index is 0.684. The van der Waals surface area contributed by atoms with E-state index in [1.54, 1.807) is 0 Å². The highest BCUT2D eigenvalue weighted by molar-refractivity contribution is 9.10. The molecule has 0 N–H and O–H groups in total. The largest absolute Gasteiger partial charge is 0.336 e. The molecule has 0 aliphatic carbocycles. The van der Waals surface area contributed by atoms with E-state index < -0.39 is 0 Å². The molecule has 1 rings (SSSR count). The number of alkyl halides is 1. The van der Waals surface area contributed by atoms with E-state index in [-0.39, 0.29) is 0 Å². The van der Waals surface area contributed by atoms with Crippen LogP contribution in [0.3, 0.4) is 0 Å². The standard InChI is InChI=1S/C10H12BrClN2/c1-8-10(11)6-9(7-13)14(8)5-3-2-4-12/h6H,2-5H2,1H3. The third kappa shape index (κ3) is 2.52. The Kier molecular flexibility index (Phi) is 4.50. The van der Waals surface area contributed by atoms with Crippen LogP contribution in [-0.2, 0) is 6.54 Å². The molecule has 0 saturated heterocycles. The quantitative estimate of drug-likeness (QED) is 0.611. The number of halogens is 2. The summed E-state index contributed by atoms with van der Waals surface area (Å²) in [7, 11) is 0.